The van der Waals surface area contributed by atoms with Crippen LogP contribution < -0.4 is 0 Å². The van der Waals surface area contributed by atoms with Gasteiger partial charge in [-0.05, 0) is 0 Å². The van der Waals surface area contributed by atoms with E-state index >= 15 is 0 Å². The van der Waals surface area contributed by atoms with Gasteiger partial charge >= 0.3 is 0 Å². The van der Waals surface area contributed by atoms with Gasteiger partial charge in [0.05, 0.1) is 0 Å². The molecule has 0 aromatic rings. The molecule has 0 rings (SSSR count). The van der Waals surface area contributed by atoms with Crippen molar-refractivity contribution in [2.45, 2.75) is 0 Å². The first-order valence-corrected chi connectivity index (χ1v) is 0. The topological polar surface area (TPSA) is 0 Å². The molecule has 0 spiro atoms. The first-order valence-electron chi connectivity index (χ1n) is 0. The van der Waals surface area contributed by atoms with Crippen LogP contribution in [0.4, 0.5) is 0 Å². The molecule has 0 heterocycles. The standard InChI is InChI=1S/3Pd.Y. The van der Waals surface area contributed by atoms with Gasteiger partial charge < -0.3 is 0 Å². The third-order valence-electron chi connectivity index (χ3n) is 0. The zero-order valence-electron chi connectivity index (χ0n) is 1.53. The molecule has 0 fully saturated rings. The largest absolute Gasteiger partial charge is 0 e. The van der Waals surface area contributed by atoms with Gasteiger partial charge in [0.15, 0.2) is 0 Å². The van der Waals surface area contributed by atoms with E-state index in [1.54, 1.807) is 0 Å². The fraction of sp³-hybridized carbons (Fsp3) is 0. The number of hydrogen-bond acceptors (Lipinski definition) is 0. The fourth-order valence-electron chi connectivity index (χ4n) is 0. The predicted molar refractivity (Wildman–Crippen MR) is 0 cm³/mol. The minimum Gasteiger partial charge on any atom is 0 e. The molecule has 0 aliphatic heterocycles. The maximum atomic E-state index is 0. The molecular weight excluding hydrogens is 408 g/mol. The molecule has 0 aromatic heterocycles. The summed E-state index contributed by atoms with van der Waals surface area (Å²) < 4.78 is 0. The van der Waals surface area contributed by atoms with E-state index in [0.717, 1.165) is 0 Å². The van der Waals surface area contributed by atoms with E-state index in [-0.39, 0.29) is 94.0 Å². The van der Waals surface area contributed by atoms with Crippen LogP contribution in [0.1, 0.15) is 0 Å². The van der Waals surface area contributed by atoms with Crippen molar-refractivity contribution in [1.82, 2.24) is 0 Å². The Balaban J connectivity index is 0. The first kappa shape index (κ1) is 27.5. The molecule has 0 aromatic carbocycles. The SMILES string of the molecule is [Pd].[Pd].[Pd].[Y]. The Kier molecular flexibility index (Phi) is 114. The summed E-state index contributed by atoms with van der Waals surface area (Å²) in [6, 6.07) is 0. The minimum atomic E-state index is 0. The van der Waals surface area contributed by atoms with Crippen LogP contribution in [-0.4, -0.2) is 0 Å². The molecule has 4 heteroatoms. The zero-order valence-corrected chi connectivity index (χ0v) is 9.03. The van der Waals surface area contributed by atoms with Gasteiger partial charge in [0, 0.05) is 94.0 Å². The van der Waals surface area contributed by atoms with Crippen LogP contribution in [0.5, 0.6) is 0 Å². The Hall–Kier alpha value is 3.09. The summed E-state index contributed by atoms with van der Waals surface area (Å²) in [5, 5.41) is 0. The van der Waals surface area contributed by atoms with Crippen LogP contribution in [0.15, 0.2) is 0 Å². The molecule has 0 saturated carbocycles. The molecule has 0 unspecified atom stereocenters. The Labute approximate surface area is 92.1 Å². The molecule has 0 aliphatic carbocycles. The van der Waals surface area contributed by atoms with Gasteiger partial charge in [0.2, 0.25) is 0 Å². The van der Waals surface area contributed by atoms with Crippen LogP contribution in [0, 0.1) is 0 Å². The molecule has 0 atom stereocenters. The molecule has 0 N–H and O–H groups in total. The van der Waals surface area contributed by atoms with Crippen molar-refractivity contribution in [3.05, 3.63) is 0 Å². The molecule has 0 bridgehead atoms. The Morgan fingerprint density at radius 2 is 0.500 bits per heavy atom. The predicted octanol–water partition coefficient (Wildman–Crippen LogP) is -0.0100. The summed E-state index contributed by atoms with van der Waals surface area (Å²) >= 11 is 0. The molecule has 0 amide bonds. The summed E-state index contributed by atoms with van der Waals surface area (Å²) in [6.45, 7) is 0. The molecule has 0 aliphatic rings. The van der Waals surface area contributed by atoms with Crippen molar-refractivity contribution in [2.24, 2.45) is 0 Å². The van der Waals surface area contributed by atoms with Crippen molar-refractivity contribution < 1.29 is 94.0 Å². The van der Waals surface area contributed by atoms with Gasteiger partial charge in [-0.2, -0.15) is 0 Å². The summed E-state index contributed by atoms with van der Waals surface area (Å²) in [7, 11) is 0. The summed E-state index contributed by atoms with van der Waals surface area (Å²) in [5.41, 5.74) is 0. The third-order valence-corrected chi connectivity index (χ3v) is 0. The van der Waals surface area contributed by atoms with Crippen molar-refractivity contribution in [3.63, 3.8) is 0 Å². The van der Waals surface area contributed by atoms with Crippen LogP contribution in [0.25, 0.3) is 0 Å². The van der Waals surface area contributed by atoms with Crippen molar-refractivity contribution in [2.75, 3.05) is 0 Å². The molecular formula is Pd3Y. The van der Waals surface area contributed by atoms with E-state index in [4.69, 9.17) is 0 Å². The second-order valence-corrected chi connectivity index (χ2v) is 0. The minimum absolute atomic E-state index is 0. The maximum absolute atomic E-state index is 0. The normalized spacial score (nSPS) is 0. The fourth-order valence-corrected chi connectivity index (χ4v) is 0. The second kappa shape index (κ2) is 16.5. The van der Waals surface area contributed by atoms with Crippen molar-refractivity contribution >= 4 is 0 Å². The van der Waals surface area contributed by atoms with Crippen molar-refractivity contribution in [1.29, 1.82) is 0 Å². The molecule has 0 nitrogen and oxygen atoms in total. The van der Waals surface area contributed by atoms with Crippen LogP contribution in [-0.2, 0) is 94.0 Å². The van der Waals surface area contributed by atoms with Gasteiger partial charge in [-0.25, -0.2) is 0 Å². The number of rotatable bonds is 0. The summed E-state index contributed by atoms with van der Waals surface area (Å²) in [5.74, 6) is 0. The number of hydrogen-bond donors (Lipinski definition) is 0. The Morgan fingerprint density at radius 3 is 0.500 bits per heavy atom. The smallest absolute Gasteiger partial charge is 0 e. The van der Waals surface area contributed by atoms with Gasteiger partial charge in [-0.1, -0.05) is 0 Å². The van der Waals surface area contributed by atoms with E-state index in [1.165, 1.54) is 0 Å². The average Bonchev–Trinajstić information content (AvgIpc) is 0. The third kappa shape index (κ3) is 8.92. The first-order chi connectivity index (χ1) is 0. The quantitative estimate of drug-likeness (QED) is 0.495. The monoisotopic (exact) mass is 407 g/mol. The summed E-state index contributed by atoms with van der Waals surface area (Å²) in [4.78, 5) is 0. The Bertz CT molecular complexity index is 3.25. The van der Waals surface area contributed by atoms with Gasteiger partial charge in [-0.3, -0.25) is 0 Å². The molecule has 0 saturated heterocycles. The van der Waals surface area contributed by atoms with E-state index in [1.807, 2.05) is 0 Å². The summed E-state index contributed by atoms with van der Waals surface area (Å²) in [6.07, 6.45) is 0. The van der Waals surface area contributed by atoms with Gasteiger partial charge in [0.25, 0.3) is 0 Å². The van der Waals surface area contributed by atoms with E-state index in [0.29, 0.717) is 0 Å². The van der Waals surface area contributed by atoms with Crippen LogP contribution in [0.2, 0.25) is 0 Å². The van der Waals surface area contributed by atoms with Gasteiger partial charge in [-0.15, -0.1) is 0 Å². The van der Waals surface area contributed by atoms with Crippen molar-refractivity contribution in [3.8, 4) is 0 Å². The average molecular weight is 408 g/mol. The van der Waals surface area contributed by atoms with E-state index in [9.17, 15) is 0 Å². The van der Waals surface area contributed by atoms with Crippen LogP contribution in [0.3, 0.4) is 0 Å². The van der Waals surface area contributed by atoms with E-state index in [2.05, 4.69) is 0 Å². The van der Waals surface area contributed by atoms with Crippen LogP contribution >= 0.6 is 0 Å². The Morgan fingerprint density at radius 1 is 0.500 bits per heavy atom. The zero-order chi connectivity index (χ0) is 0. The van der Waals surface area contributed by atoms with Gasteiger partial charge in [0.1, 0.15) is 0 Å². The molecule has 33 valence electrons. The van der Waals surface area contributed by atoms with E-state index < -0.39 is 0 Å². The maximum Gasteiger partial charge on any atom is 0 e. The molecule has 4 heavy (non-hydrogen) atoms. The second-order valence-electron chi connectivity index (χ2n) is 0. The molecule has 1 radical (unpaired) electrons.